The van der Waals surface area contributed by atoms with Crippen LogP contribution in [0.4, 0.5) is 22.7 Å². The number of aliphatic hydroxyl groups is 2. The highest BCUT2D eigenvalue weighted by Crippen LogP contribution is 2.27. The van der Waals surface area contributed by atoms with Gasteiger partial charge in [-0.3, -0.25) is 14.4 Å². The van der Waals surface area contributed by atoms with Crippen LogP contribution in [0.5, 0.6) is 5.75 Å². The molecule has 0 saturated carbocycles. The van der Waals surface area contributed by atoms with E-state index in [9.17, 15) is 29.1 Å². The summed E-state index contributed by atoms with van der Waals surface area (Å²) in [6.45, 7) is 1.27. The number of H-pyrrole nitrogens is 2. The lowest BCUT2D eigenvalue weighted by atomic mass is 10.1. The van der Waals surface area contributed by atoms with Gasteiger partial charge in [0.05, 0.1) is 54.9 Å². The average Bonchev–Trinajstić information content (AvgIpc) is 3.55. The molecule has 0 saturated heterocycles. The monoisotopic (exact) mass is 725 g/mol. The Hall–Kier alpha value is -7.27. The molecule has 0 bridgehead atoms. The Bertz CT molecular complexity index is 2260. The van der Waals surface area contributed by atoms with E-state index in [4.69, 9.17) is 9.84 Å². The number of benzene rings is 4. The number of fused-ring (bicyclic) bond motifs is 2. The molecular weight excluding hydrogens is 690 g/mol. The van der Waals surface area contributed by atoms with E-state index < -0.39 is 35.3 Å². The molecule has 0 aliphatic carbocycles. The lowest BCUT2D eigenvalue weighted by Gasteiger charge is -2.07. The number of rotatable bonds is 7. The van der Waals surface area contributed by atoms with Gasteiger partial charge in [0.15, 0.2) is 5.70 Å². The Morgan fingerprint density at radius 2 is 1.36 bits per heavy atom. The van der Waals surface area contributed by atoms with Crippen LogP contribution in [0.1, 0.15) is 27.6 Å². The quantitative estimate of drug-likeness (QED) is 0.0393. The maximum absolute atomic E-state index is 12.4. The van der Waals surface area contributed by atoms with E-state index in [0.29, 0.717) is 22.5 Å². The smallest absolute Gasteiger partial charge is 0.340 e. The maximum atomic E-state index is 12.4. The predicted octanol–water partition coefficient (Wildman–Crippen LogP) is 4.80. The number of aromatic amines is 2. The highest BCUT2D eigenvalue weighted by Gasteiger charge is 2.18. The number of nitrogens with one attached hydrogen (secondary N) is 5. The molecule has 0 atom stereocenters. The minimum Gasteiger partial charge on any atom is -0.510 e. The first kappa shape index (κ1) is 38.5. The van der Waals surface area contributed by atoms with E-state index in [-0.39, 0.29) is 28.3 Å². The Kier molecular flexibility index (Phi) is 13.2. The second-order valence-corrected chi connectivity index (χ2v) is 10.7. The van der Waals surface area contributed by atoms with Gasteiger partial charge in [0, 0.05) is 11.8 Å². The van der Waals surface area contributed by atoms with Gasteiger partial charge < -0.3 is 50.3 Å². The molecule has 4 aromatic carbocycles. The largest absolute Gasteiger partial charge is 0.510 e. The van der Waals surface area contributed by atoms with Crippen molar-refractivity contribution in [3.8, 4) is 5.75 Å². The lowest BCUT2D eigenvalue weighted by Crippen LogP contribution is -2.28. The van der Waals surface area contributed by atoms with Crippen LogP contribution in [0.25, 0.3) is 11.0 Å². The topological polar surface area (TPSA) is 246 Å². The molecule has 0 unspecified atom stereocenters. The van der Waals surface area contributed by atoms with Gasteiger partial charge in [0.1, 0.15) is 17.2 Å². The number of anilines is 3. The highest BCUT2D eigenvalue weighted by atomic mass is 16.5. The van der Waals surface area contributed by atoms with Crippen molar-refractivity contribution in [2.75, 3.05) is 37.3 Å². The summed E-state index contributed by atoms with van der Waals surface area (Å²) in [7, 11) is 3.93. The van der Waals surface area contributed by atoms with Gasteiger partial charge in [-0.1, -0.05) is 30.3 Å². The molecule has 2 heterocycles. The van der Waals surface area contributed by atoms with Crippen LogP contribution in [-0.2, 0) is 14.3 Å². The number of carbonyl (C=O) groups is 3. The number of azo groups is 1. The molecule has 1 aliphatic heterocycles. The molecule has 17 heteroatoms. The fourth-order valence-corrected chi connectivity index (χ4v) is 4.53. The molecule has 1 amide bonds. The third-order valence-electron chi connectivity index (χ3n) is 7.11. The van der Waals surface area contributed by atoms with Crippen LogP contribution < -0.4 is 31.8 Å². The van der Waals surface area contributed by atoms with Gasteiger partial charge in [0.2, 0.25) is 6.35 Å². The number of esters is 2. The van der Waals surface area contributed by atoms with Gasteiger partial charge in [-0.05, 0) is 61.5 Å². The molecule has 53 heavy (non-hydrogen) atoms. The first-order valence-corrected chi connectivity index (χ1v) is 15.5. The summed E-state index contributed by atoms with van der Waals surface area (Å²) in [6.07, 6.45) is -0.627. The Morgan fingerprint density at radius 1 is 0.755 bits per heavy atom. The molecule has 274 valence electrons. The van der Waals surface area contributed by atoms with Crippen molar-refractivity contribution in [3.63, 3.8) is 0 Å². The SMILES string of the molecule is COC(=O)c1ccc(C(=O)OC)c(N=NC(C(=O)Nc2ccccc2)=C(C)O)c1.COc1ccc2[nH]c(=O)c(=O)[nH]c2c1.OC1Nc2ccccc2N1. The van der Waals surface area contributed by atoms with Crippen LogP contribution in [0.15, 0.2) is 122 Å². The van der Waals surface area contributed by atoms with Crippen LogP contribution in [0.3, 0.4) is 0 Å². The predicted molar refractivity (Wildman–Crippen MR) is 195 cm³/mol. The molecule has 17 nitrogen and oxygen atoms in total. The van der Waals surface area contributed by atoms with Crippen molar-refractivity contribution < 1.29 is 38.8 Å². The van der Waals surface area contributed by atoms with E-state index >= 15 is 0 Å². The van der Waals surface area contributed by atoms with Gasteiger partial charge >= 0.3 is 23.1 Å². The number of carbonyl (C=O) groups excluding carboxylic acids is 3. The minimum atomic E-state index is -0.713. The van der Waals surface area contributed by atoms with Crippen LogP contribution in [0, 0.1) is 0 Å². The van der Waals surface area contributed by atoms with Crippen LogP contribution >= 0.6 is 0 Å². The molecule has 0 spiro atoms. The van der Waals surface area contributed by atoms with Crippen molar-refractivity contribution in [2.45, 2.75) is 13.3 Å². The molecule has 7 N–H and O–H groups in total. The molecule has 1 aromatic heterocycles. The fourth-order valence-electron chi connectivity index (χ4n) is 4.53. The van der Waals surface area contributed by atoms with E-state index in [2.05, 4.69) is 45.6 Å². The van der Waals surface area contributed by atoms with Gasteiger partial charge in [0.25, 0.3) is 5.91 Å². The van der Waals surface area contributed by atoms with Crippen LogP contribution in [0.2, 0.25) is 0 Å². The third-order valence-corrected chi connectivity index (χ3v) is 7.11. The summed E-state index contributed by atoms with van der Waals surface area (Å²) in [5.41, 5.74) is 1.95. The zero-order valence-corrected chi connectivity index (χ0v) is 28.8. The van der Waals surface area contributed by atoms with Crippen molar-refractivity contribution in [3.05, 3.63) is 134 Å². The number of hydrogen-bond acceptors (Lipinski definition) is 14. The first-order chi connectivity index (χ1) is 25.4. The first-order valence-electron chi connectivity index (χ1n) is 15.5. The highest BCUT2D eigenvalue weighted by molar-refractivity contribution is 6.03. The summed E-state index contributed by atoms with van der Waals surface area (Å²) in [5.74, 6) is -1.82. The second-order valence-electron chi connectivity index (χ2n) is 10.7. The summed E-state index contributed by atoms with van der Waals surface area (Å²) in [6, 6.07) is 25.2. The maximum Gasteiger partial charge on any atom is 0.340 e. The normalized spacial score (nSPS) is 12.0. The molecular formula is C36H35N7O10. The number of para-hydroxylation sites is 3. The average molecular weight is 726 g/mol. The molecule has 5 aromatic rings. The molecule has 6 rings (SSSR count). The third kappa shape index (κ3) is 10.4. The number of hydrogen-bond donors (Lipinski definition) is 7. The molecule has 0 fully saturated rings. The number of ether oxygens (including phenoxy) is 3. The summed E-state index contributed by atoms with van der Waals surface area (Å²) in [4.78, 5) is 63.0. The standard InChI is InChI=1S/C20H19N3O6.C9H8N2O3.C7H8N2O/c1-12(24)17(18(25)21-14-7-5-4-6-8-14)23-22-16-11-13(19(26)28-2)9-10-15(16)20(27)29-3;1-14-5-2-3-6-7(4-5)11-9(13)8(12)10-6;10-7-8-5-3-1-2-4-6(5)9-7/h4-11,24H,1-3H3,(H,21,25);2-4H,1H3,(H,10,12)(H,11,13);1-4,7-10H. The second kappa shape index (κ2) is 18.1. The number of aliphatic hydroxyl groups excluding tert-OH is 2. The van der Waals surface area contributed by atoms with Crippen molar-refractivity contribution in [1.29, 1.82) is 0 Å². The molecule has 1 aliphatic rings. The van der Waals surface area contributed by atoms with E-state index in [1.165, 1.54) is 46.5 Å². The van der Waals surface area contributed by atoms with Gasteiger partial charge in [-0.15, -0.1) is 10.2 Å². The summed E-state index contributed by atoms with van der Waals surface area (Å²) in [5, 5.41) is 34.8. The minimum absolute atomic E-state index is 0.0160. The Labute approximate surface area is 301 Å². The van der Waals surface area contributed by atoms with Crippen molar-refractivity contribution >= 4 is 51.6 Å². The van der Waals surface area contributed by atoms with Gasteiger partial charge in [-0.25, -0.2) is 9.59 Å². The van der Waals surface area contributed by atoms with Crippen LogP contribution in [-0.4, -0.2) is 65.7 Å². The Balaban J connectivity index is 0.000000212. The van der Waals surface area contributed by atoms with Crippen molar-refractivity contribution in [2.24, 2.45) is 10.2 Å². The van der Waals surface area contributed by atoms with E-state index in [1.54, 1.807) is 48.5 Å². The summed E-state index contributed by atoms with van der Waals surface area (Å²) >= 11 is 0. The number of allylic oxidation sites excluding steroid dienone is 1. The zero-order chi connectivity index (χ0) is 38.5. The fraction of sp³-hybridized carbons (Fsp3) is 0.139. The van der Waals surface area contributed by atoms with Crippen molar-refractivity contribution in [1.82, 2.24) is 9.97 Å². The number of methoxy groups -OCH3 is 3. The summed E-state index contributed by atoms with van der Waals surface area (Å²) < 4.78 is 14.3. The zero-order valence-electron chi connectivity index (χ0n) is 28.8. The van der Waals surface area contributed by atoms with E-state index in [1.807, 2.05) is 24.3 Å². The lowest BCUT2D eigenvalue weighted by molar-refractivity contribution is -0.113. The number of aromatic nitrogens is 2. The number of amides is 1. The Morgan fingerprint density at radius 3 is 1.94 bits per heavy atom. The molecule has 0 radical (unpaired) electrons. The number of nitrogens with zero attached hydrogens (tertiary/aromatic N) is 2. The van der Waals surface area contributed by atoms with E-state index in [0.717, 1.165) is 11.4 Å². The van der Waals surface area contributed by atoms with Gasteiger partial charge in [-0.2, -0.15) is 0 Å².